The minimum atomic E-state index is -1.17. The van der Waals surface area contributed by atoms with E-state index >= 15 is 0 Å². The Morgan fingerprint density at radius 2 is 2.21 bits per heavy atom. The van der Waals surface area contributed by atoms with E-state index in [2.05, 4.69) is 26.2 Å². The molecule has 1 aromatic heterocycles. The first-order chi connectivity index (χ1) is 6.58. The van der Waals surface area contributed by atoms with Gasteiger partial charge in [0, 0.05) is 10.7 Å². The number of hydrogen-bond acceptors (Lipinski definition) is 3. The van der Waals surface area contributed by atoms with Gasteiger partial charge in [-0.2, -0.15) is 0 Å². The van der Waals surface area contributed by atoms with Crippen LogP contribution < -0.4 is 5.32 Å². The molecule has 0 unspecified atom stereocenters. The highest BCUT2D eigenvalue weighted by atomic mass is 79.9. The monoisotopic (exact) mass is 258 g/mol. The van der Waals surface area contributed by atoms with E-state index in [4.69, 9.17) is 5.11 Å². The minimum absolute atomic E-state index is 0.333. The maximum absolute atomic E-state index is 11.0. The van der Waals surface area contributed by atoms with Crippen molar-refractivity contribution in [1.82, 2.24) is 4.98 Å². The first kappa shape index (κ1) is 10.6. The normalized spacial score (nSPS) is 9.50. The van der Waals surface area contributed by atoms with Crippen molar-refractivity contribution in [2.24, 2.45) is 0 Å². The summed E-state index contributed by atoms with van der Waals surface area (Å²) in [5.74, 6) is -1.42. The van der Waals surface area contributed by atoms with Gasteiger partial charge in [0.1, 0.15) is 12.2 Å². The van der Waals surface area contributed by atoms with Crippen molar-refractivity contribution in [3.63, 3.8) is 0 Å². The van der Waals surface area contributed by atoms with Crippen LogP contribution in [0.5, 0.6) is 0 Å². The molecule has 1 heterocycles. The largest absolute Gasteiger partial charge is 0.481 e. The lowest BCUT2D eigenvalue weighted by molar-refractivity contribution is -0.139. The Morgan fingerprint density at radius 3 is 2.71 bits per heavy atom. The smallest absolute Gasteiger partial charge is 0.312 e. The second-order valence-corrected chi connectivity index (χ2v) is 3.40. The fourth-order valence-corrected chi connectivity index (χ4v) is 1.01. The number of anilines is 1. The molecule has 0 aromatic carbocycles. The first-order valence-electron chi connectivity index (χ1n) is 3.71. The van der Waals surface area contributed by atoms with Gasteiger partial charge < -0.3 is 10.4 Å². The molecule has 0 spiro atoms. The van der Waals surface area contributed by atoms with Crippen LogP contribution in [-0.4, -0.2) is 22.0 Å². The number of amides is 1. The van der Waals surface area contributed by atoms with Crippen molar-refractivity contribution in [2.75, 3.05) is 5.32 Å². The van der Waals surface area contributed by atoms with Crippen LogP contribution in [0.2, 0.25) is 0 Å². The zero-order valence-corrected chi connectivity index (χ0v) is 8.61. The van der Waals surface area contributed by atoms with E-state index in [9.17, 15) is 9.59 Å². The molecule has 0 saturated carbocycles. The molecule has 1 amide bonds. The summed E-state index contributed by atoms with van der Waals surface area (Å²) in [6.45, 7) is 0. The van der Waals surface area contributed by atoms with Crippen LogP contribution in [0, 0.1) is 0 Å². The summed E-state index contributed by atoms with van der Waals surface area (Å²) < 4.78 is 0.786. The molecule has 0 bridgehead atoms. The number of halogens is 1. The highest BCUT2D eigenvalue weighted by molar-refractivity contribution is 9.10. The van der Waals surface area contributed by atoms with Gasteiger partial charge in [0.15, 0.2) is 0 Å². The third-order valence-corrected chi connectivity index (χ3v) is 1.78. The Bertz CT molecular complexity index is 350. The van der Waals surface area contributed by atoms with Crippen LogP contribution in [0.1, 0.15) is 6.42 Å². The minimum Gasteiger partial charge on any atom is -0.481 e. The van der Waals surface area contributed by atoms with Gasteiger partial charge in [-0.1, -0.05) is 0 Å². The van der Waals surface area contributed by atoms with Gasteiger partial charge in [0.25, 0.3) is 0 Å². The maximum Gasteiger partial charge on any atom is 0.312 e. The zero-order valence-electron chi connectivity index (χ0n) is 7.03. The molecule has 14 heavy (non-hydrogen) atoms. The van der Waals surface area contributed by atoms with E-state index in [0.717, 1.165) is 4.47 Å². The van der Waals surface area contributed by atoms with Crippen LogP contribution in [0.25, 0.3) is 0 Å². The SMILES string of the molecule is O=C(O)CC(=O)Nc1ccc(Br)cn1. The fourth-order valence-electron chi connectivity index (χ4n) is 0.774. The molecule has 0 atom stereocenters. The number of nitrogens with one attached hydrogen (secondary N) is 1. The van der Waals surface area contributed by atoms with Crippen molar-refractivity contribution in [2.45, 2.75) is 6.42 Å². The van der Waals surface area contributed by atoms with Gasteiger partial charge in [-0.15, -0.1) is 0 Å². The molecule has 1 aromatic rings. The van der Waals surface area contributed by atoms with E-state index in [-0.39, 0.29) is 0 Å². The highest BCUT2D eigenvalue weighted by Gasteiger charge is 2.07. The number of hydrogen-bond donors (Lipinski definition) is 2. The van der Waals surface area contributed by atoms with Gasteiger partial charge in [0.05, 0.1) is 0 Å². The molecule has 0 aliphatic rings. The highest BCUT2D eigenvalue weighted by Crippen LogP contribution is 2.10. The van der Waals surface area contributed by atoms with Gasteiger partial charge in [-0.3, -0.25) is 9.59 Å². The number of carboxylic acid groups (broad SMARTS) is 1. The predicted molar refractivity (Wildman–Crippen MR) is 52.8 cm³/mol. The molecule has 0 aliphatic carbocycles. The van der Waals surface area contributed by atoms with Gasteiger partial charge >= 0.3 is 5.97 Å². The summed E-state index contributed by atoms with van der Waals surface area (Å²) in [5.41, 5.74) is 0. The quantitative estimate of drug-likeness (QED) is 0.801. The van der Waals surface area contributed by atoms with Crippen LogP contribution in [-0.2, 0) is 9.59 Å². The summed E-state index contributed by atoms with van der Waals surface area (Å²) in [4.78, 5) is 25.0. The van der Waals surface area contributed by atoms with Crippen LogP contribution in [0.15, 0.2) is 22.8 Å². The molecule has 5 nitrogen and oxygen atoms in total. The first-order valence-corrected chi connectivity index (χ1v) is 4.50. The maximum atomic E-state index is 11.0. The lowest BCUT2D eigenvalue weighted by Crippen LogP contribution is -2.16. The fraction of sp³-hybridized carbons (Fsp3) is 0.125. The van der Waals surface area contributed by atoms with Crippen molar-refractivity contribution in [3.8, 4) is 0 Å². The number of aromatic nitrogens is 1. The molecular formula is C8H7BrN2O3. The molecule has 6 heteroatoms. The molecule has 1 rings (SSSR count). The zero-order chi connectivity index (χ0) is 10.6. The number of carboxylic acids is 1. The number of rotatable bonds is 3. The van der Waals surface area contributed by atoms with Crippen LogP contribution >= 0.6 is 15.9 Å². The standard InChI is InChI=1S/C8H7BrN2O3/c9-5-1-2-6(10-4-5)11-7(12)3-8(13)14/h1-2,4H,3H2,(H,13,14)(H,10,11,12). The lowest BCUT2D eigenvalue weighted by Gasteiger charge is -2.01. The van der Waals surface area contributed by atoms with Crippen molar-refractivity contribution in [1.29, 1.82) is 0 Å². The second kappa shape index (κ2) is 4.71. The number of pyridine rings is 1. The van der Waals surface area contributed by atoms with Gasteiger partial charge in [-0.05, 0) is 28.1 Å². The topological polar surface area (TPSA) is 79.3 Å². The molecule has 74 valence electrons. The molecule has 0 radical (unpaired) electrons. The Hall–Kier alpha value is -1.43. The van der Waals surface area contributed by atoms with Crippen molar-refractivity contribution >= 4 is 33.6 Å². The van der Waals surface area contributed by atoms with E-state index < -0.39 is 18.3 Å². The van der Waals surface area contributed by atoms with Gasteiger partial charge in [0.2, 0.25) is 5.91 Å². The van der Waals surface area contributed by atoms with E-state index in [0.29, 0.717) is 5.82 Å². The summed E-state index contributed by atoms with van der Waals surface area (Å²) >= 11 is 3.18. The van der Waals surface area contributed by atoms with E-state index in [1.54, 1.807) is 12.1 Å². The Morgan fingerprint density at radius 1 is 1.50 bits per heavy atom. The van der Waals surface area contributed by atoms with E-state index in [1.807, 2.05) is 0 Å². The molecule has 2 N–H and O–H groups in total. The molecule has 0 fully saturated rings. The molecular weight excluding hydrogens is 252 g/mol. The summed E-state index contributed by atoms with van der Waals surface area (Å²) in [6, 6.07) is 3.27. The van der Waals surface area contributed by atoms with Gasteiger partial charge in [-0.25, -0.2) is 4.98 Å². The summed E-state index contributed by atoms with van der Waals surface area (Å²) in [5, 5.41) is 10.7. The second-order valence-electron chi connectivity index (χ2n) is 2.48. The predicted octanol–water partition coefficient (Wildman–Crippen LogP) is 1.26. The summed E-state index contributed by atoms with van der Waals surface area (Å²) in [6.07, 6.45) is 0.953. The molecule has 0 saturated heterocycles. The Kier molecular flexibility index (Phi) is 3.58. The van der Waals surface area contributed by atoms with Crippen LogP contribution in [0.4, 0.5) is 5.82 Å². The Labute approximate surface area is 88.3 Å². The molecule has 0 aliphatic heterocycles. The average Bonchev–Trinajstić information content (AvgIpc) is 2.07. The van der Waals surface area contributed by atoms with Crippen molar-refractivity contribution < 1.29 is 14.7 Å². The lowest BCUT2D eigenvalue weighted by atomic mass is 10.4. The number of nitrogens with zero attached hydrogens (tertiary/aromatic N) is 1. The number of carbonyl (C=O) groups excluding carboxylic acids is 1. The third kappa shape index (κ3) is 3.53. The number of aliphatic carboxylic acids is 1. The average molecular weight is 259 g/mol. The van der Waals surface area contributed by atoms with Crippen molar-refractivity contribution in [3.05, 3.63) is 22.8 Å². The third-order valence-electron chi connectivity index (χ3n) is 1.31. The Balaban J connectivity index is 2.56. The number of carbonyl (C=O) groups is 2. The summed E-state index contributed by atoms with van der Waals surface area (Å²) in [7, 11) is 0. The van der Waals surface area contributed by atoms with E-state index in [1.165, 1.54) is 6.20 Å². The van der Waals surface area contributed by atoms with Crippen LogP contribution in [0.3, 0.4) is 0 Å².